The maximum Gasteiger partial charge on any atom is 0.200 e. The van der Waals surface area contributed by atoms with E-state index in [-0.39, 0.29) is 4.88 Å². The third-order valence-corrected chi connectivity index (χ3v) is 4.54. The van der Waals surface area contributed by atoms with E-state index in [9.17, 15) is 22.0 Å². The molecule has 2 rings (SSSR count). The Morgan fingerprint density at radius 2 is 1.50 bits per heavy atom. The molecule has 0 aliphatic carbocycles. The maximum absolute atomic E-state index is 13.7. The van der Waals surface area contributed by atoms with Gasteiger partial charge in [-0.2, -0.15) is 0 Å². The van der Waals surface area contributed by atoms with Crippen LogP contribution in [0.1, 0.15) is 16.5 Å². The fourth-order valence-electron chi connectivity index (χ4n) is 1.68. The molecular weight excluding hydrogens is 367 g/mol. The van der Waals surface area contributed by atoms with Gasteiger partial charge >= 0.3 is 0 Å². The lowest BCUT2D eigenvalue weighted by molar-refractivity contribution is 0.363. The lowest BCUT2D eigenvalue weighted by Gasteiger charge is -2.18. The normalized spacial score (nSPS) is 12.8. The molecule has 0 spiro atoms. The van der Waals surface area contributed by atoms with E-state index in [2.05, 4.69) is 21.4 Å². The Morgan fingerprint density at radius 3 is 1.90 bits per heavy atom. The summed E-state index contributed by atoms with van der Waals surface area (Å²) >= 11 is 4.16. The van der Waals surface area contributed by atoms with E-state index in [1.54, 1.807) is 11.4 Å². The van der Waals surface area contributed by atoms with Crippen molar-refractivity contribution in [3.63, 3.8) is 0 Å². The summed E-state index contributed by atoms with van der Waals surface area (Å²) in [6.45, 7) is 0. The quantitative estimate of drug-likeness (QED) is 0.283. The molecule has 0 bridgehead atoms. The van der Waals surface area contributed by atoms with Gasteiger partial charge in [0.05, 0.1) is 11.6 Å². The van der Waals surface area contributed by atoms with Crippen molar-refractivity contribution in [2.45, 2.75) is 6.04 Å². The highest BCUT2D eigenvalue weighted by atomic mass is 79.9. The van der Waals surface area contributed by atoms with E-state index >= 15 is 0 Å². The van der Waals surface area contributed by atoms with Crippen molar-refractivity contribution in [2.24, 2.45) is 5.84 Å². The number of hydrazine groups is 1. The van der Waals surface area contributed by atoms with Crippen molar-refractivity contribution in [3.05, 3.63) is 55.4 Å². The molecule has 1 atom stereocenters. The van der Waals surface area contributed by atoms with Crippen molar-refractivity contribution < 1.29 is 22.0 Å². The Balaban J connectivity index is 2.71. The van der Waals surface area contributed by atoms with E-state index in [1.165, 1.54) is 0 Å². The Labute approximate surface area is 122 Å². The first kappa shape index (κ1) is 15.4. The van der Waals surface area contributed by atoms with Crippen molar-refractivity contribution >= 4 is 27.3 Å². The zero-order valence-corrected chi connectivity index (χ0v) is 11.9. The van der Waals surface area contributed by atoms with Crippen LogP contribution >= 0.6 is 27.3 Å². The van der Waals surface area contributed by atoms with Gasteiger partial charge in [0.1, 0.15) is 0 Å². The van der Waals surface area contributed by atoms with E-state index < -0.39 is 40.7 Å². The molecule has 2 aromatic rings. The van der Waals surface area contributed by atoms with E-state index in [1.807, 2.05) is 0 Å². The largest absolute Gasteiger partial charge is 0.271 e. The summed E-state index contributed by atoms with van der Waals surface area (Å²) in [5.74, 6) is -4.84. The minimum atomic E-state index is -2.20. The van der Waals surface area contributed by atoms with Gasteiger partial charge in [0.2, 0.25) is 5.82 Å². The van der Waals surface area contributed by atoms with Crippen LogP contribution in [-0.4, -0.2) is 0 Å². The fourth-order valence-corrected chi connectivity index (χ4v) is 3.35. The number of thiophene rings is 1. The molecule has 0 aliphatic heterocycles. The second kappa shape index (κ2) is 5.76. The summed E-state index contributed by atoms with van der Waals surface area (Å²) < 4.78 is 67.3. The smallest absolute Gasteiger partial charge is 0.200 e. The summed E-state index contributed by atoms with van der Waals surface area (Å²) in [5, 5.41) is 1.58. The van der Waals surface area contributed by atoms with Crippen LogP contribution in [0.3, 0.4) is 0 Å². The molecule has 0 radical (unpaired) electrons. The molecule has 3 N–H and O–H groups in total. The lowest BCUT2D eigenvalue weighted by atomic mass is 10.0. The summed E-state index contributed by atoms with van der Waals surface area (Å²) in [7, 11) is 0. The first-order valence-corrected chi connectivity index (χ1v) is 6.77. The molecule has 1 unspecified atom stereocenters. The Morgan fingerprint density at radius 1 is 1.00 bits per heavy atom. The van der Waals surface area contributed by atoms with E-state index in [0.717, 1.165) is 11.3 Å². The average Bonchev–Trinajstić information content (AvgIpc) is 2.85. The number of nitrogens with one attached hydrogen (secondary N) is 1. The maximum atomic E-state index is 13.7. The first-order chi connectivity index (χ1) is 9.40. The number of rotatable bonds is 3. The number of halogens is 6. The van der Waals surface area contributed by atoms with Gasteiger partial charge in [0.25, 0.3) is 0 Å². The number of hydrogen-bond donors (Lipinski definition) is 2. The highest BCUT2D eigenvalue weighted by Gasteiger charge is 2.32. The van der Waals surface area contributed by atoms with Gasteiger partial charge < -0.3 is 0 Å². The molecule has 0 aliphatic rings. The summed E-state index contributed by atoms with van der Waals surface area (Å²) in [6.07, 6.45) is 0. The van der Waals surface area contributed by atoms with Crippen molar-refractivity contribution in [1.82, 2.24) is 5.43 Å². The molecule has 0 saturated carbocycles. The van der Waals surface area contributed by atoms with Crippen LogP contribution in [0.25, 0.3) is 0 Å². The van der Waals surface area contributed by atoms with Gasteiger partial charge in [-0.25, -0.2) is 27.4 Å². The Bertz CT molecular complexity index is 631. The molecule has 1 heterocycles. The van der Waals surface area contributed by atoms with Gasteiger partial charge in [-0.05, 0) is 27.4 Å². The molecular formula is C11H6BrF5N2S. The van der Waals surface area contributed by atoms with Crippen molar-refractivity contribution in [3.8, 4) is 0 Å². The van der Waals surface area contributed by atoms with Gasteiger partial charge in [-0.15, -0.1) is 11.3 Å². The second-order valence-electron chi connectivity index (χ2n) is 3.72. The van der Waals surface area contributed by atoms with Crippen LogP contribution < -0.4 is 11.3 Å². The molecule has 0 amide bonds. The van der Waals surface area contributed by atoms with Crippen LogP contribution in [0.5, 0.6) is 0 Å². The van der Waals surface area contributed by atoms with Crippen LogP contribution in [0.15, 0.2) is 15.9 Å². The minimum absolute atomic E-state index is 0.288. The van der Waals surface area contributed by atoms with Gasteiger partial charge in [0.15, 0.2) is 23.3 Å². The molecule has 0 saturated heterocycles. The molecule has 1 aromatic heterocycles. The van der Waals surface area contributed by atoms with Crippen LogP contribution in [-0.2, 0) is 0 Å². The van der Waals surface area contributed by atoms with Crippen LogP contribution in [0, 0.1) is 29.1 Å². The third kappa shape index (κ3) is 2.34. The van der Waals surface area contributed by atoms with Crippen LogP contribution in [0.4, 0.5) is 22.0 Å². The van der Waals surface area contributed by atoms with E-state index in [0.29, 0.717) is 4.47 Å². The molecule has 2 nitrogen and oxygen atoms in total. The fraction of sp³-hybridized carbons (Fsp3) is 0.0909. The minimum Gasteiger partial charge on any atom is -0.271 e. The van der Waals surface area contributed by atoms with Crippen LogP contribution in [0.2, 0.25) is 0 Å². The lowest BCUT2D eigenvalue weighted by Crippen LogP contribution is -2.31. The van der Waals surface area contributed by atoms with Crippen molar-refractivity contribution in [1.29, 1.82) is 0 Å². The zero-order valence-electron chi connectivity index (χ0n) is 9.49. The molecule has 0 fully saturated rings. The van der Waals surface area contributed by atoms with Gasteiger partial charge in [-0.3, -0.25) is 5.84 Å². The molecule has 9 heteroatoms. The molecule has 20 heavy (non-hydrogen) atoms. The Kier molecular flexibility index (Phi) is 4.43. The summed E-state index contributed by atoms with van der Waals surface area (Å²) in [5.41, 5.74) is 1.04. The number of hydrogen-bond acceptors (Lipinski definition) is 3. The van der Waals surface area contributed by atoms with E-state index in [4.69, 9.17) is 5.84 Å². The zero-order chi connectivity index (χ0) is 15.0. The SMILES string of the molecule is NNC(c1sccc1Br)c1c(F)c(F)c(F)c(F)c1F. The average molecular weight is 373 g/mol. The van der Waals surface area contributed by atoms with Gasteiger partial charge in [0, 0.05) is 9.35 Å². The highest BCUT2D eigenvalue weighted by Crippen LogP contribution is 2.36. The monoisotopic (exact) mass is 372 g/mol. The predicted octanol–water partition coefficient (Wildman–Crippen LogP) is 3.76. The standard InChI is InChI=1S/C11H6BrF5N2S/c12-3-1-2-20-11(3)10(19-18)4-5(13)7(15)9(17)8(16)6(4)14/h1-2,10,19H,18H2. The summed E-state index contributed by atoms with van der Waals surface area (Å²) in [4.78, 5) is 0.288. The topological polar surface area (TPSA) is 38.0 Å². The molecule has 1 aromatic carbocycles. The second-order valence-corrected chi connectivity index (χ2v) is 5.52. The number of benzene rings is 1. The summed E-state index contributed by atoms with van der Waals surface area (Å²) in [6, 6.07) is 0.199. The Hall–Kier alpha value is -1.03. The molecule has 108 valence electrons. The first-order valence-electron chi connectivity index (χ1n) is 5.10. The third-order valence-electron chi connectivity index (χ3n) is 2.61. The van der Waals surface area contributed by atoms with Gasteiger partial charge in [-0.1, -0.05) is 0 Å². The number of nitrogens with two attached hydrogens (primary N) is 1. The van der Waals surface area contributed by atoms with Crippen molar-refractivity contribution in [2.75, 3.05) is 0 Å². The predicted molar refractivity (Wildman–Crippen MR) is 67.4 cm³/mol. The highest BCUT2D eigenvalue weighted by molar-refractivity contribution is 9.10.